The van der Waals surface area contributed by atoms with Crippen LogP contribution in [-0.4, -0.2) is 30.4 Å². The standard InChI is InChI=1S/C22H23FN2O4/c1-13-6-4-9-19(14(13)2)25-12-16(10-20(25)26)22(28)29-15(3)21(27)24-18-8-5-7-17(23)11-18/h4-9,11,15-16H,10,12H2,1-3H3,(H,24,27)/t15-,16+/m0/s1. The molecule has 0 aromatic heterocycles. The molecule has 1 heterocycles. The third-order valence-corrected chi connectivity index (χ3v) is 5.08. The predicted molar refractivity (Wildman–Crippen MR) is 107 cm³/mol. The predicted octanol–water partition coefficient (Wildman–Crippen LogP) is 3.37. The third kappa shape index (κ3) is 4.62. The summed E-state index contributed by atoms with van der Waals surface area (Å²) in [5.41, 5.74) is 3.10. The maximum absolute atomic E-state index is 13.2. The molecule has 29 heavy (non-hydrogen) atoms. The highest BCUT2D eigenvalue weighted by molar-refractivity contribution is 6.01. The van der Waals surface area contributed by atoms with Crippen LogP contribution in [0.1, 0.15) is 24.5 Å². The van der Waals surface area contributed by atoms with Crippen molar-refractivity contribution in [2.45, 2.75) is 33.3 Å². The first-order valence-electron chi connectivity index (χ1n) is 9.39. The lowest BCUT2D eigenvalue weighted by Gasteiger charge is -2.20. The molecule has 2 aromatic rings. The van der Waals surface area contributed by atoms with Crippen LogP contribution in [0, 0.1) is 25.6 Å². The van der Waals surface area contributed by atoms with Crippen LogP contribution < -0.4 is 10.2 Å². The lowest BCUT2D eigenvalue weighted by atomic mass is 10.1. The molecule has 1 N–H and O–H groups in total. The number of rotatable bonds is 5. The first-order valence-corrected chi connectivity index (χ1v) is 9.39. The van der Waals surface area contributed by atoms with Crippen LogP contribution in [0.2, 0.25) is 0 Å². The van der Waals surface area contributed by atoms with E-state index in [1.807, 2.05) is 32.0 Å². The van der Waals surface area contributed by atoms with E-state index in [-0.39, 0.29) is 24.6 Å². The van der Waals surface area contributed by atoms with Crippen LogP contribution in [0.25, 0.3) is 0 Å². The number of carbonyl (C=O) groups excluding carboxylic acids is 3. The van der Waals surface area contributed by atoms with Crippen molar-refractivity contribution in [2.75, 3.05) is 16.8 Å². The second-order valence-corrected chi connectivity index (χ2v) is 7.20. The molecule has 2 amide bonds. The number of hydrogen-bond acceptors (Lipinski definition) is 4. The summed E-state index contributed by atoms with van der Waals surface area (Å²) >= 11 is 0. The van der Waals surface area contributed by atoms with Gasteiger partial charge in [0.15, 0.2) is 6.10 Å². The van der Waals surface area contributed by atoms with E-state index in [2.05, 4.69) is 5.32 Å². The topological polar surface area (TPSA) is 75.7 Å². The van der Waals surface area contributed by atoms with Crippen LogP contribution in [-0.2, 0) is 19.1 Å². The molecule has 0 unspecified atom stereocenters. The van der Waals surface area contributed by atoms with Crippen molar-refractivity contribution in [2.24, 2.45) is 5.92 Å². The van der Waals surface area contributed by atoms with Crippen LogP contribution in [0.3, 0.4) is 0 Å². The first-order chi connectivity index (χ1) is 13.8. The van der Waals surface area contributed by atoms with Crippen LogP contribution in [0.4, 0.5) is 15.8 Å². The van der Waals surface area contributed by atoms with Gasteiger partial charge in [0.25, 0.3) is 5.91 Å². The molecule has 0 saturated carbocycles. The molecule has 0 bridgehead atoms. The van der Waals surface area contributed by atoms with E-state index in [9.17, 15) is 18.8 Å². The van der Waals surface area contributed by atoms with Gasteiger partial charge in [-0.2, -0.15) is 0 Å². The van der Waals surface area contributed by atoms with Gasteiger partial charge in [0.05, 0.1) is 5.92 Å². The lowest BCUT2D eigenvalue weighted by molar-refractivity contribution is -0.157. The molecule has 3 rings (SSSR count). The van der Waals surface area contributed by atoms with Gasteiger partial charge in [0.1, 0.15) is 5.82 Å². The van der Waals surface area contributed by atoms with E-state index in [1.165, 1.54) is 31.2 Å². The zero-order chi connectivity index (χ0) is 21.1. The third-order valence-electron chi connectivity index (χ3n) is 5.08. The number of ether oxygens (including phenoxy) is 1. The molecule has 1 saturated heterocycles. The Morgan fingerprint density at radius 2 is 1.93 bits per heavy atom. The molecule has 1 fully saturated rings. The summed E-state index contributed by atoms with van der Waals surface area (Å²) in [4.78, 5) is 38.8. The number of anilines is 2. The highest BCUT2D eigenvalue weighted by Gasteiger charge is 2.37. The quantitative estimate of drug-likeness (QED) is 0.784. The van der Waals surface area contributed by atoms with Crippen molar-refractivity contribution in [1.82, 2.24) is 0 Å². The maximum Gasteiger partial charge on any atom is 0.312 e. The number of hydrogen-bond donors (Lipinski definition) is 1. The fraction of sp³-hybridized carbons (Fsp3) is 0.318. The second kappa shape index (κ2) is 8.43. The zero-order valence-electron chi connectivity index (χ0n) is 16.6. The van der Waals surface area contributed by atoms with Gasteiger partial charge in [-0.15, -0.1) is 0 Å². The average molecular weight is 398 g/mol. The number of nitrogens with zero attached hydrogens (tertiary/aromatic N) is 1. The Bertz CT molecular complexity index is 960. The van der Waals surface area contributed by atoms with Crippen molar-refractivity contribution in [3.8, 4) is 0 Å². The largest absolute Gasteiger partial charge is 0.452 e. The Kier molecular flexibility index (Phi) is 5.96. The van der Waals surface area contributed by atoms with E-state index < -0.39 is 29.7 Å². The van der Waals surface area contributed by atoms with Crippen molar-refractivity contribution >= 4 is 29.2 Å². The Hall–Kier alpha value is -3.22. The van der Waals surface area contributed by atoms with Gasteiger partial charge in [-0.1, -0.05) is 18.2 Å². The molecule has 2 aromatic carbocycles. The molecule has 1 aliphatic rings. The summed E-state index contributed by atoms with van der Waals surface area (Å²) in [6.45, 7) is 5.54. The fourth-order valence-electron chi connectivity index (χ4n) is 3.26. The minimum absolute atomic E-state index is 0.0322. The van der Waals surface area contributed by atoms with Gasteiger partial charge in [-0.25, -0.2) is 4.39 Å². The summed E-state index contributed by atoms with van der Waals surface area (Å²) in [6, 6.07) is 11.1. The molecular formula is C22H23FN2O4. The monoisotopic (exact) mass is 398 g/mol. The van der Waals surface area contributed by atoms with Crippen LogP contribution in [0.5, 0.6) is 0 Å². The summed E-state index contributed by atoms with van der Waals surface area (Å²) < 4.78 is 18.5. The summed E-state index contributed by atoms with van der Waals surface area (Å²) in [7, 11) is 0. The molecule has 2 atom stereocenters. The van der Waals surface area contributed by atoms with Crippen molar-refractivity contribution in [3.05, 3.63) is 59.4 Å². The van der Waals surface area contributed by atoms with E-state index in [1.54, 1.807) is 4.90 Å². The molecule has 152 valence electrons. The van der Waals surface area contributed by atoms with Gasteiger partial charge in [0, 0.05) is 24.3 Å². The summed E-state index contributed by atoms with van der Waals surface area (Å²) in [5, 5.41) is 2.50. The Morgan fingerprint density at radius 1 is 1.21 bits per heavy atom. The number of esters is 1. The SMILES string of the molecule is Cc1cccc(N2C[C@H](C(=O)O[C@@H](C)C(=O)Nc3cccc(F)c3)CC2=O)c1C. The highest BCUT2D eigenvalue weighted by Crippen LogP contribution is 2.30. The fourth-order valence-corrected chi connectivity index (χ4v) is 3.26. The van der Waals surface area contributed by atoms with Gasteiger partial charge in [0.2, 0.25) is 5.91 Å². The minimum atomic E-state index is -1.07. The van der Waals surface area contributed by atoms with E-state index in [4.69, 9.17) is 4.74 Å². The molecular weight excluding hydrogens is 375 g/mol. The van der Waals surface area contributed by atoms with Gasteiger partial charge < -0.3 is 15.0 Å². The Morgan fingerprint density at radius 3 is 2.66 bits per heavy atom. The minimum Gasteiger partial charge on any atom is -0.452 e. The number of aryl methyl sites for hydroxylation is 1. The lowest BCUT2D eigenvalue weighted by Crippen LogP contribution is -2.33. The van der Waals surface area contributed by atoms with E-state index in [0.717, 1.165) is 16.8 Å². The molecule has 0 spiro atoms. The number of halogens is 1. The summed E-state index contributed by atoms with van der Waals surface area (Å²) in [5.74, 6) is -2.46. The van der Waals surface area contributed by atoms with Gasteiger partial charge in [-0.05, 0) is 56.2 Å². The zero-order valence-corrected chi connectivity index (χ0v) is 16.6. The average Bonchev–Trinajstić information content (AvgIpc) is 3.05. The first kappa shape index (κ1) is 20.5. The van der Waals surface area contributed by atoms with Crippen LogP contribution >= 0.6 is 0 Å². The highest BCUT2D eigenvalue weighted by atomic mass is 19.1. The number of carbonyl (C=O) groups is 3. The Labute approximate surface area is 168 Å². The molecule has 1 aliphatic heterocycles. The normalized spacial score (nSPS) is 17.2. The van der Waals surface area contributed by atoms with Crippen molar-refractivity contribution in [3.63, 3.8) is 0 Å². The van der Waals surface area contributed by atoms with Gasteiger partial charge in [-0.3, -0.25) is 14.4 Å². The second-order valence-electron chi connectivity index (χ2n) is 7.20. The number of nitrogens with one attached hydrogen (secondary N) is 1. The molecule has 7 heteroatoms. The molecule has 6 nitrogen and oxygen atoms in total. The van der Waals surface area contributed by atoms with Crippen molar-refractivity contribution < 1.29 is 23.5 Å². The smallest absolute Gasteiger partial charge is 0.312 e. The Balaban J connectivity index is 1.61. The van der Waals surface area contributed by atoms with Crippen LogP contribution in [0.15, 0.2) is 42.5 Å². The number of benzene rings is 2. The summed E-state index contributed by atoms with van der Waals surface area (Å²) in [6.07, 6.45) is -1.04. The van der Waals surface area contributed by atoms with Crippen molar-refractivity contribution in [1.29, 1.82) is 0 Å². The molecule has 0 radical (unpaired) electrons. The van der Waals surface area contributed by atoms with Gasteiger partial charge >= 0.3 is 5.97 Å². The number of amides is 2. The van der Waals surface area contributed by atoms with E-state index >= 15 is 0 Å². The maximum atomic E-state index is 13.2. The molecule has 0 aliphatic carbocycles. The van der Waals surface area contributed by atoms with E-state index in [0.29, 0.717) is 0 Å².